The lowest BCUT2D eigenvalue weighted by molar-refractivity contribution is -0.118. The van der Waals surface area contributed by atoms with Crippen LogP contribution in [0.4, 0.5) is 5.00 Å². The number of ether oxygens (including phenoxy) is 4. The summed E-state index contributed by atoms with van der Waals surface area (Å²) in [6.07, 6.45) is 0.757. The van der Waals surface area contributed by atoms with Crippen molar-refractivity contribution in [3.05, 3.63) is 34.7 Å². The van der Waals surface area contributed by atoms with Crippen LogP contribution in [0.1, 0.15) is 29.1 Å². The van der Waals surface area contributed by atoms with Gasteiger partial charge < -0.3 is 24.3 Å². The number of rotatable bonds is 9. The number of carbonyl (C=O) groups excluding carboxylic acids is 2. The van der Waals surface area contributed by atoms with Gasteiger partial charge in [-0.25, -0.2) is 4.79 Å². The fraction of sp³-hybridized carbons (Fsp3) is 0.368. The number of benzene rings is 1. The molecule has 1 heterocycles. The zero-order valence-corrected chi connectivity index (χ0v) is 16.6. The van der Waals surface area contributed by atoms with Crippen LogP contribution in [0, 0.1) is 0 Å². The molecule has 1 aromatic heterocycles. The molecule has 0 saturated heterocycles. The Bertz CT molecular complexity index is 779. The van der Waals surface area contributed by atoms with Crippen LogP contribution in [0.3, 0.4) is 0 Å². The third kappa shape index (κ3) is 5.62. The van der Waals surface area contributed by atoms with Gasteiger partial charge in [-0.2, -0.15) is 0 Å². The quantitative estimate of drug-likeness (QED) is 0.657. The highest BCUT2D eigenvalue weighted by atomic mass is 32.1. The first-order valence-electron chi connectivity index (χ1n) is 8.46. The van der Waals surface area contributed by atoms with E-state index >= 15 is 0 Å². The molecular weight excluding hydrogens is 370 g/mol. The van der Waals surface area contributed by atoms with Gasteiger partial charge in [-0.15, -0.1) is 11.3 Å². The van der Waals surface area contributed by atoms with Crippen LogP contribution >= 0.6 is 11.3 Å². The molecule has 0 spiro atoms. The van der Waals surface area contributed by atoms with Crippen molar-refractivity contribution in [3.8, 4) is 17.2 Å². The van der Waals surface area contributed by atoms with Crippen LogP contribution in [0.15, 0.2) is 24.3 Å². The fourth-order valence-electron chi connectivity index (χ4n) is 2.25. The minimum Gasteiger partial charge on any atom is -0.496 e. The lowest BCUT2D eigenvalue weighted by Crippen LogP contribution is -2.21. The summed E-state index contributed by atoms with van der Waals surface area (Å²) in [5.74, 6) is 0.710. The van der Waals surface area contributed by atoms with Crippen molar-refractivity contribution in [1.82, 2.24) is 0 Å². The van der Waals surface area contributed by atoms with Gasteiger partial charge >= 0.3 is 5.97 Å². The van der Waals surface area contributed by atoms with Gasteiger partial charge in [-0.05, 0) is 19.4 Å². The summed E-state index contributed by atoms with van der Waals surface area (Å²) in [6.45, 7) is 3.76. The Kier molecular flexibility index (Phi) is 7.48. The molecule has 7 nitrogen and oxygen atoms in total. The van der Waals surface area contributed by atoms with E-state index in [1.54, 1.807) is 31.2 Å². The van der Waals surface area contributed by atoms with Crippen LogP contribution < -0.4 is 19.5 Å². The van der Waals surface area contributed by atoms with Gasteiger partial charge in [0.2, 0.25) is 0 Å². The van der Waals surface area contributed by atoms with E-state index in [0.717, 1.165) is 11.3 Å². The molecule has 0 aliphatic carbocycles. The van der Waals surface area contributed by atoms with E-state index in [1.807, 2.05) is 6.92 Å². The standard InChI is InChI=1S/C19H23NO6S/c1-5-15-10-16(19(22)25-6-2)18(27-15)20-17(21)11-26-14-8-12(23-3)7-13(9-14)24-4/h7-10H,5-6,11H2,1-4H3,(H,20,21). The maximum atomic E-state index is 12.3. The Balaban J connectivity index is 2.06. The second-order valence-corrected chi connectivity index (χ2v) is 6.55. The van der Waals surface area contributed by atoms with Crippen molar-refractivity contribution in [2.24, 2.45) is 0 Å². The van der Waals surface area contributed by atoms with Crippen molar-refractivity contribution in [1.29, 1.82) is 0 Å². The molecule has 0 fully saturated rings. The molecule has 0 aliphatic heterocycles. The number of esters is 1. The Morgan fingerprint density at radius 3 is 2.19 bits per heavy atom. The third-order valence-electron chi connectivity index (χ3n) is 3.57. The molecule has 8 heteroatoms. The molecular formula is C19H23NO6S. The monoisotopic (exact) mass is 393 g/mol. The zero-order valence-electron chi connectivity index (χ0n) is 15.8. The van der Waals surface area contributed by atoms with Crippen LogP contribution in [0.25, 0.3) is 0 Å². The minimum atomic E-state index is -0.456. The first kappa shape index (κ1) is 20.6. The van der Waals surface area contributed by atoms with E-state index in [9.17, 15) is 9.59 Å². The Labute approximate surface area is 162 Å². The number of amides is 1. The highest BCUT2D eigenvalue weighted by Crippen LogP contribution is 2.30. The van der Waals surface area contributed by atoms with Gasteiger partial charge in [0, 0.05) is 23.1 Å². The van der Waals surface area contributed by atoms with Crippen molar-refractivity contribution >= 4 is 28.2 Å². The first-order valence-corrected chi connectivity index (χ1v) is 9.27. The number of thiophene rings is 1. The number of carbonyl (C=O) groups is 2. The predicted octanol–water partition coefficient (Wildman–Crippen LogP) is 3.52. The number of hydrogen-bond acceptors (Lipinski definition) is 7. The number of hydrogen-bond donors (Lipinski definition) is 1. The second-order valence-electron chi connectivity index (χ2n) is 5.41. The van der Waals surface area contributed by atoms with Crippen LogP contribution in [-0.4, -0.2) is 39.3 Å². The van der Waals surface area contributed by atoms with Gasteiger partial charge in [-0.1, -0.05) is 6.92 Å². The van der Waals surface area contributed by atoms with Crippen LogP contribution in [-0.2, 0) is 16.0 Å². The Morgan fingerprint density at radius 1 is 1.00 bits per heavy atom. The van der Waals surface area contributed by atoms with Gasteiger partial charge in [0.15, 0.2) is 6.61 Å². The summed E-state index contributed by atoms with van der Waals surface area (Å²) < 4.78 is 20.9. The fourth-order valence-corrected chi connectivity index (χ4v) is 3.25. The van der Waals surface area contributed by atoms with E-state index in [-0.39, 0.29) is 19.1 Å². The van der Waals surface area contributed by atoms with Crippen LogP contribution in [0.2, 0.25) is 0 Å². The lowest BCUT2D eigenvalue weighted by atomic mass is 10.2. The van der Waals surface area contributed by atoms with Crippen molar-refractivity contribution in [2.45, 2.75) is 20.3 Å². The normalized spacial score (nSPS) is 10.2. The summed E-state index contributed by atoms with van der Waals surface area (Å²) in [6, 6.07) is 6.75. The number of nitrogens with one attached hydrogen (secondary N) is 1. The number of methoxy groups -OCH3 is 2. The molecule has 0 unspecified atom stereocenters. The molecule has 2 rings (SSSR count). The maximum Gasteiger partial charge on any atom is 0.341 e. The third-order valence-corrected chi connectivity index (χ3v) is 4.77. The maximum absolute atomic E-state index is 12.3. The first-order chi connectivity index (χ1) is 13.0. The molecule has 0 bridgehead atoms. The van der Waals surface area contributed by atoms with Gasteiger partial charge in [0.1, 0.15) is 22.2 Å². The van der Waals surface area contributed by atoms with E-state index in [1.165, 1.54) is 25.6 Å². The molecule has 146 valence electrons. The summed E-state index contributed by atoms with van der Waals surface area (Å²) in [7, 11) is 3.06. The van der Waals surface area contributed by atoms with Crippen molar-refractivity contribution in [2.75, 3.05) is 32.8 Å². The van der Waals surface area contributed by atoms with Crippen LogP contribution in [0.5, 0.6) is 17.2 Å². The molecule has 1 amide bonds. The summed E-state index contributed by atoms with van der Waals surface area (Å²) in [4.78, 5) is 25.3. The molecule has 0 saturated carbocycles. The van der Waals surface area contributed by atoms with E-state index in [2.05, 4.69) is 5.32 Å². The smallest absolute Gasteiger partial charge is 0.341 e. The minimum absolute atomic E-state index is 0.224. The van der Waals surface area contributed by atoms with Gasteiger partial charge in [0.05, 0.1) is 26.4 Å². The molecule has 1 aromatic carbocycles. The molecule has 0 atom stereocenters. The molecule has 1 N–H and O–H groups in total. The Hall–Kier alpha value is -2.74. The van der Waals surface area contributed by atoms with E-state index in [4.69, 9.17) is 18.9 Å². The second kappa shape index (κ2) is 9.82. The largest absolute Gasteiger partial charge is 0.496 e. The molecule has 27 heavy (non-hydrogen) atoms. The number of aryl methyl sites for hydroxylation is 1. The summed E-state index contributed by atoms with van der Waals surface area (Å²) in [5, 5.41) is 3.18. The molecule has 0 radical (unpaired) electrons. The highest BCUT2D eigenvalue weighted by Gasteiger charge is 2.19. The molecule has 2 aromatic rings. The highest BCUT2D eigenvalue weighted by molar-refractivity contribution is 7.16. The average Bonchev–Trinajstić information content (AvgIpc) is 3.09. The number of anilines is 1. The van der Waals surface area contributed by atoms with Gasteiger partial charge in [-0.3, -0.25) is 4.79 Å². The predicted molar refractivity (Wildman–Crippen MR) is 103 cm³/mol. The topological polar surface area (TPSA) is 83.1 Å². The Morgan fingerprint density at radius 2 is 1.63 bits per heavy atom. The summed E-state index contributed by atoms with van der Waals surface area (Å²) >= 11 is 1.35. The van der Waals surface area contributed by atoms with Crippen molar-refractivity contribution in [3.63, 3.8) is 0 Å². The van der Waals surface area contributed by atoms with E-state index < -0.39 is 5.97 Å². The zero-order chi connectivity index (χ0) is 19.8. The SMILES string of the molecule is CCOC(=O)c1cc(CC)sc1NC(=O)COc1cc(OC)cc(OC)c1. The van der Waals surface area contributed by atoms with Gasteiger partial charge in [0.25, 0.3) is 5.91 Å². The lowest BCUT2D eigenvalue weighted by Gasteiger charge is -2.10. The molecule has 0 aliphatic rings. The summed E-state index contributed by atoms with van der Waals surface area (Å²) in [5.41, 5.74) is 0.357. The average molecular weight is 393 g/mol. The van der Waals surface area contributed by atoms with Crippen molar-refractivity contribution < 1.29 is 28.5 Å². The van der Waals surface area contributed by atoms with E-state index in [0.29, 0.717) is 27.8 Å².